The number of morpholine rings is 2. The number of pyridine rings is 4. The van der Waals surface area contributed by atoms with E-state index in [0.29, 0.717) is 78.8 Å². The molecular weight excluding hydrogens is 2010 g/mol. The molecule has 726 valence electrons. The largest absolute Gasteiger partial charge is 0.474 e. The molecule has 141 heavy (non-hydrogen) atoms. The van der Waals surface area contributed by atoms with Crippen LogP contribution in [0, 0.1) is 40.7 Å². The Labute approximate surface area is 828 Å². The molecule has 4 amide bonds. The van der Waals surface area contributed by atoms with Crippen LogP contribution in [0.5, 0.6) is 23.0 Å². The van der Waals surface area contributed by atoms with Gasteiger partial charge in [-0.15, -0.1) is 47.0 Å². The molecule has 26 nitrogen and oxygen atoms in total. The van der Waals surface area contributed by atoms with Crippen LogP contribution < -0.4 is 59.8 Å². The van der Waals surface area contributed by atoms with Gasteiger partial charge in [0, 0.05) is 152 Å². The molecule has 0 aliphatic carbocycles. The zero-order valence-electron chi connectivity index (χ0n) is 73.8. The smallest absolute Gasteiger partial charge is 0.278 e. The number of carbonyl (C=O) groups is 4. The second-order valence-electron chi connectivity index (χ2n) is 34.3. The first-order chi connectivity index (χ1) is 68.3. The van der Waals surface area contributed by atoms with Crippen molar-refractivity contribution in [2.45, 2.75) is 110 Å². The fraction of sp³-hybridized carbons (Fsp3) is 0.258. The van der Waals surface area contributed by atoms with Crippen molar-refractivity contribution in [3.05, 3.63) is 372 Å². The standard InChI is InChI=1S/C25H20F4N3O3PS.C24H20F2N3O4PS.C24H20F2N3O3PS2.C24H21FN3O4PS/c26-16-6-5-13-15(20(16)27)12-37-18-4-2-1-3-14(18)21(13)32-19-11-25(28,29)8-10-30(19)24(34)22-23(35-36)17(33)7-9-31(22)32;25-16-6-5-13-15(20(16)26)12-35-18-4-2-1-3-14(18)21(13)29-19-11-32-10-9-27(19)24(31)22-23(33-34)17(30)7-8-28(22)29;25-16-6-5-13-15(20(16)26)11-35-18-4-2-1-3-14(18)21(13)29-19-12-34-10-9-27(19)24(31)22-23(32-33)17(30)7-8-28(22)29;25-15-5-6-16-14(11-15)13-34-19-4-2-1-3-17(19)21(16)28-20-12-31-10-9-26(20)24(30)22-23(32-33)18(29)7-8-27(22)28/h1-7,9,19,21H,8,10-12,36H2;1-8,19,21H,9-12,34H2;1-8,19,21H,9-12,33H2;1-8,11,20-21H,9-10,12-13,33H2/t3*19-,21+;20-,21+/m1111/s1. The van der Waals surface area contributed by atoms with E-state index in [1.54, 1.807) is 100.0 Å². The highest BCUT2D eigenvalue weighted by Crippen LogP contribution is 2.53. The topological polar surface area (TPSA) is 238 Å². The fourth-order valence-electron chi connectivity index (χ4n) is 20.6. The van der Waals surface area contributed by atoms with Gasteiger partial charge in [0.2, 0.25) is 44.7 Å². The van der Waals surface area contributed by atoms with E-state index in [4.69, 9.17) is 27.6 Å². The number of amides is 4. The van der Waals surface area contributed by atoms with E-state index in [9.17, 15) is 64.7 Å². The number of rotatable bonds is 8. The third-order valence-electron chi connectivity index (χ3n) is 26.9. The van der Waals surface area contributed by atoms with Crippen LogP contribution in [0.15, 0.2) is 239 Å². The number of aromatic nitrogens is 4. The number of halogens is 9. The van der Waals surface area contributed by atoms with Crippen molar-refractivity contribution in [2.24, 2.45) is 0 Å². The maximum atomic E-state index is 15.2. The molecule has 4 aromatic heterocycles. The summed E-state index contributed by atoms with van der Waals surface area (Å²) in [6, 6.07) is 46.5. The number of hydrogen-bond acceptors (Lipinski definition) is 23. The van der Waals surface area contributed by atoms with Crippen LogP contribution in [-0.2, 0) is 32.5 Å². The molecule has 0 N–H and O–H groups in total. The van der Waals surface area contributed by atoms with Crippen LogP contribution in [0.3, 0.4) is 0 Å². The molecule has 4 saturated heterocycles. The molecule has 4 unspecified atom stereocenters. The minimum Gasteiger partial charge on any atom is -0.474 e. The minimum absolute atomic E-state index is 0.0250. The van der Waals surface area contributed by atoms with Gasteiger partial charge in [0.1, 0.15) is 30.5 Å². The van der Waals surface area contributed by atoms with Gasteiger partial charge in [-0.1, -0.05) is 97.1 Å². The number of ether oxygens (including phenoxy) is 2. The van der Waals surface area contributed by atoms with E-state index in [-0.39, 0.29) is 128 Å². The number of piperidine rings is 1. The highest BCUT2D eigenvalue weighted by Gasteiger charge is 2.55. The van der Waals surface area contributed by atoms with Gasteiger partial charge in [-0.2, -0.15) is 11.8 Å². The van der Waals surface area contributed by atoms with Gasteiger partial charge in [0.05, 0.1) is 94.9 Å². The molecule has 12 aromatic rings. The molecular formula is C97H81F9N12O14P4S5. The van der Waals surface area contributed by atoms with Crippen molar-refractivity contribution in [1.29, 1.82) is 0 Å². The van der Waals surface area contributed by atoms with E-state index in [2.05, 4.69) is 36.1 Å². The van der Waals surface area contributed by atoms with Gasteiger partial charge < -0.3 is 47.2 Å². The van der Waals surface area contributed by atoms with Gasteiger partial charge in [0.25, 0.3) is 29.6 Å². The molecule has 24 rings (SSSR count). The number of carbonyl (C=O) groups excluding carboxylic acids is 4. The summed E-state index contributed by atoms with van der Waals surface area (Å²) < 4.78 is 171. The molecule has 16 heterocycles. The lowest BCUT2D eigenvalue weighted by molar-refractivity contribution is -0.0785. The number of fused-ring (bicyclic) bond motifs is 16. The number of hydrogen-bond donors (Lipinski definition) is 0. The number of alkyl halides is 2. The third kappa shape index (κ3) is 16.6. The Hall–Kier alpha value is -11.4. The average Bonchev–Trinajstić information content (AvgIpc) is 0.792. The minimum atomic E-state index is -3.06. The lowest BCUT2D eigenvalue weighted by Crippen LogP contribution is -2.66. The van der Waals surface area contributed by atoms with Crippen LogP contribution in [0.25, 0.3) is 0 Å². The first-order valence-corrected chi connectivity index (χ1v) is 51.3. The molecule has 4 fully saturated rings. The summed E-state index contributed by atoms with van der Waals surface area (Å²) in [5.41, 5.74) is 6.08. The summed E-state index contributed by atoms with van der Waals surface area (Å²) in [4.78, 5) is 115. The zero-order valence-corrected chi connectivity index (χ0v) is 82.5. The van der Waals surface area contributed by atoms with Crippen LogP contribution >= 0.6 is 96.7 Å². The Morgan fingerprint density at radius 2 is 0.667 bits per heavy atom. The summed E-state index contributed by atoms with van der Waals surface area (Å²) in [6.07, 6.45) is 2.36. The van der Waals surface area contributed by atoms with E-state index in [1.165, 1.54) is 93.7 Å². The van der Waals surface area contributed by atoms with Gasteiger partial charge in [-0.05, 0) is 105 Å². The summed E-state index contributed by atoms with van der Waals surface area (Å²) in [7, 11) is 8.10. The summed E-state index contributed by atoms with van der Waals surface area (Å²) in [6.45, 7) is 2.21. The first-order valence-electron chi connectivity index (χ1n) is 44.4. The van der Waals surface area contributed by atoms with Gasteiger partial charge >= 0.3 is 0 Å². The van der Waals surface area contributed by atoms with Crippen molar-refractivity contribution >= 4 is 120 Å². The summed E-state index contributed by atoms with van der Waals surface area (Å²) in [5, 5.41) is 7.54. The molecule has 0 bridgehead atoms. The van der Waals surface area contributed by atoms with Crippen LogP contribution in [0.2, 0.25) is 0 Å². The van der Waals surface area contributed by atoms with Crippen molar-refractivity contribution in [3.63, 3.8) is 0 Å². The zero-order chi connectivity index (χ0) is 98.0. The predicted octanol–water partition coefficient (Wildman–Crippen LogP) is 15.7. The number of nitrogens with zero attached hydrogens (tertiary/aromatic N) is 12. The van der Waals surface area contributed by atoms with Crippen molar-refractivity contribution < 1.29 is 86.3 Å². The first kappa shape index (κ1) is 95.8. The molecule has 12 atom stereocenters. The number of thioether (sulfide) groups is 5. The van der Waals surface area contributed by atoms with Crippen molar-refractivity contribution in [3.8, 4) is 23.0 Å². The lowest BCUT2D eigenvalue weighted by Gasteiger charge is -2.53. The molecule has 0 saturated carbocycles. The number of benzene rings is 8. The molecule has 8 aromatic carbocycles. The third-order valence-corrected chi connectivity index (χ3v) is 33.4. The second-order valence-corrected chi connectivity index (χ2v) is 40.5. The Morgan fingerprint density at radius 3 is 1.04 bits per heavy atom. The Bertz CT molecular complexity index is 7200. The Kier molecular flexibility index (Phi) is 26.5. The molecule has 12 aliphatic heterocycles. The van der Waals surface area contributed by atoms with E-state index < -0.39 is 112 Å². The van der Waals surface area contributed by atoms with Gasteiger partial charge in [-0.25, -0.2) is 39.5 Å². The molecule has 0 radical (unpaired) electrons. The highest BCUT2D eigenvalue weighted by atomic mass is 32.2. The van der Waals surface area contributed by atoms with Crippen molar-refractivity contribution in [1.82, 2.24) is 38.3 Å². The van der Waals surface area contributed by atoms with Crippen LogP contribution in [-0.4, -0.2) is 157 Å². The highest BCUT2D eigenvalue weighted by molar-refractivity contribution is 7.99. The average molecular weight is 2090 g/mol. The van der Waals surface area contributed by atoms with E-state index >= 15 is 13.2 Å². The Balaban J connectivity index is 0.000000111. The summed E-state index contributed by atoms with van der Waals surface area (Å²) >= 11 is 7.59. The van der Waals surface area contributed by atoms with Crippen LogP contribution in [0.1, 0.15) is 146 Å². The Morgan fingerprint density at radius 1 is 0.348 bits per heavy atom. The summed E-state index contributed by atoms with van der Waals surface area (Å²) in [5.74, 6) is -8.22. The van der Waals surface area contributed by atoms with Crippen LogP contribution in [0.4, 0.5) is 39.5 Å². The lowest BCUT2D eigenvalue weighted by atomic mass is 9.91. The monoisotopic (exact) mass is 2090 g/mol. The molecule has 44 heteroatoms. The predicted molar refractivity (Wildman–Crippen MR) is 526 cm³/mol. The molecule has 0 spiro atoms. The quantitative estimate of drug-likeness (QED) is 0.101. The van der Waals surface area contributed by atoms with Gasteiger partial charge in [-0.3, -0.25) is 77.1 Å². The maximum absolute atomic E-state index is 15.2. The normalized spacial score (nSPS) is 21.3. The second kappa shape index (κ2) is 39.0. The SMILES string of the molecule is O=C1c2c(OP)c(=O)ccn2N([C@@H]2c3ccccc3SCc3c2ccc(F)c3F)[C@@H]2CC(F)(F)CCN12.O=C1c2c(OP)c(=O)ccn2N([C@@H]2c3ccccc3SCc3c2ccc(F)c3F)[C@@H]2COCCN12.O=C1c2c(OP)c(=O)ccn2N([C@@H]2c3ccccc3SCc3c2ccc(F)c3F)[C@@H]2CSCCN12.O=C1c2c(OP)c(=O)ccn2N([C@H]2c3ccc(F)cc3CSc3ccccc32)[C@@H]2COCCN12. The van der Waals surface area contributed by atoms with Crippen molar-refractivity contribution in [2.75, 3.05) is 84.1 Å². The van der Waals surface area contributed by atoms with E-state index in [1.807, 2.05) is 108 Å². The fourth-order valence-corrected chi connectivity index (χ4v) is 27.0. The maximum Gasteiger partial charge on any atom is 0.278 e. The van der Waals surface area contributed by atoms with E-state index in [0.717, 1.165) is 71.4 Å². The van der Waals surface area contributed by atoms with Gasteiger partial charge in [0.15, 0.2) is 57.7 Å². The molecule has 12 aliphatic rings.